The van der Waals surface area contributed by atoms with Crippen LogP contribution < -0.4 is 20.1 Å². The summed E-state index contributed by atoms with van der Waals surface area (Å²) in [5.41, 5.74) is 2.12. The van der Waals surface area contributed by atoms with E-state index in [9.17, 15) is 27.9 Å². The molecule has 1 aliphatic rings. The average Bonchev–Trinajstić information content (AvgIpc) is 3.51. The zero-order chi connectivity index (χ0) is 34.7. The summed E-state index contributed by atoms with van der Waals surface area (Å²) in [6.07, 6.45) is 0.625. The summed E-state index contributed by atoms with van der Waals surface area (Å²) in [6, 6.07) is 15.3. The van der Waals surface area contributed by atoms with Crippen molar-refractivity contribution >= 4 is 34.4 Å². The number of carboxylic acids is 1. The Morgan fingerprint density at radius 2 is 1.76 bits per heavy atom. The van der Waals surface area contributed by atoms with E-state index in [-0.39, 0.29) is 17.4 Å². The number of methoxy groups -OCH3 is 2. The van der Waals surface area contributed by atoms with Gasteiger partial charge in [-0.1, -0.05) is 18.6 Å². The van der Waals surface area contributed by atoms with Crippen molar-refractivity contribution < 1.29 is 37.3 Å². The molecule has 1 amide bonds. The normalized spacial score (nSPS) is 16.3. The number of carbonyl (C=O) groups is 2. The maximum atomic E-state index is 13.2. The number of nitrogens with one attached hydrogen (secondary N) is 2. The maximum absolute atomic E-state index is 13.2. The second-order valence-corrected chi connectivity index (χ2v) is 11.7. The third-order valence-electron chi connectivity index (χ3n) is 8.65. The number of pyridine rings is 2. The van der Waals surface area contributed by atoms with Crippen molar-refractivity contribution in [3.05, 3.63) is 89.7 Å². The first-order chi connectivity index (χ1) is 23.5. The average molecular weight is 675 g/mol. The molecule has 0 radical (unpaired) electrons. The van der Waals surface area contributed by atoms with Crippen molar-refractivity contribution in [3.63, 3.8) is 0 Å². The van der Waals surface area contributed by atoms with Gasteiger partial charge in [0.05, 0.1) is 42.6 Å². The van der Waals surface area contributed by atoms with Crippen LogP contribution in [0.4, 0.5) is 24.8 Å². The van der Waals surface area contributed by atoms with E-state index in [1.54, 1.807) is 50.7 Å². The van der Waals surface area contributed by atoms with Gasteiger partial charge in [0.25, 0.3) is 5.91 Å². The van der Waals surface area contributed by atoms with Gasteiger partial charge in [-0.05, 0) is 61.7 Å². The number of alkyl halides is 3. The van der Waals surface area contributed by atoms with Gasteiger partial charge in [-0.3, -0.25) is 14.3 Å². The van der Waals surface area contributed by atoms with Gasteiger partial charge in [0.1, 0.15) is 28.8 Å². The van der Waals surface area contributed by atoms with Gasteiger partial charge in [-0.15, -0.1) is 0 Å². The van der Waals surface area contributed by atoms with Crippen LogP contribution in [-0.4, -0.2) is 51.0 Å². The summed E-state index contributed by atoms with van der Waals surface area (Å²) in [7, 11) is 3.15. The van der Waals surface area contributed by atoms with Gasteiger partial charge >= 0.3 is 12.1 Å². The number of carbonyl (C=O) groups excluding carboxylic acids is 1. The lowest BCUT2D eigenvalue weighted by Gasteiger charge is -2.27. The monoisotopic (exact) mass is 674 g/mol. The molecule has 49 heavy (non-hydrogen) atoms. The molecule has 0 saturated heterocycles. The number of aliphatic carboxylic acids is 1. The number of nitrogens with zero attached hydrogens (tertiary/aromatic N) is 4. The predicted octanol–water partition coefficient (Wildman–Crippen LogP) is 7.21. The van der Waals surface area contributed by atoms with E-state index in [4.69, 9.17) is 14.6 Å². The molecule has 1 aliphatic carbocycles. The Hall–Kier alpha value is -5.66. The third kappa shape index (κ3) is 7.12. The van der Waals surface area contributed by atoms with Crippen LogP contribution in [0.2, 0.25) is 0 Å². The van der Waals surface area contributed by atoms with Crippen LogP contribution in [0.25, 0.3) is 22.2 Å². The molecule has 2 aromatic carbocycles. The van der Waals surface area contributed by atoms with Crippen molar-refractivity contribution in [1.29, 1.82) is 0 Å². The number of hydrogen-bond donors (Lipinski definition) is 3. The molecule has 11 nitrogen and oxygen atoms in total. The lowest BCUT2D eigenvalue weighted by atomic mass is 9.86. The lowest BCUT2D eigenvalue weighted by molar-refractivity contribution is -0.143. The number of fused-ring (bicyclic) bond motifs is 1. The van der Waals surface area contributed by atoms with Crippen LogP contribution in [0.5, 0.6) is 11.5 Å². The predicted molar refractivity (Wildman–Crippen MR) is 176 cm³/mol. The van der Waals surface area contributed by atoms with Crippen LogP contribution >= 0.6 is 0 Å². The van der Waals surface area contributed by atoms with Gasteiger partial charge in [-0.2, -0.15) is 18.3 Å². The Balaban J connectivity index is 1.35. The van der Waals surface area contributed by atoms with E-state index in [0.717, 1.165) is 42.3 Å². The first-order valence-electron chi connectivity index (χ1n) is 15.6. The maximum Gasteiger partial charge on any atom is 0.416 e. The standard InChI is InChI=1S/C35H33F3N6O5/c1-48-26-11-10-23(28(18-26)49-2)19-41-32-30-27(13-15-40-32)44(25-5-3-4-22(16-25)34(46)47)43-31(30)20-6-8-21(9-7-20)33(45)42-29-17-24(12-14-39-29)35(36,37)38/h6-15,17-18,22,25H,3-5,16,19H2,1-2H3,(H,40,41)(H,46,47)(H,39,42,45)/t22-,25-/m1/s1. The second-order valence-electron chi connectivity index (χ2n) is 11.7. The molecule has 0 bridgehead atoms. The molecule has 1 fully saturated rings. The molecular formula is C35H33F3N6O5. The van der Waals surface area contributed by atoms with E-state index in [1.807, 2.05) is 22.9 Å². The molecule has 2 atom stereocenters. The number of amides is 1. The van der Waals surface area contributed by atoms with Crippen molar-refractivity contribution in [2.24, 2.45) is 5.92 Å². The number of halogens is 3. The number of carboxylic acid groups (broad SMARTS) is 1. The number of ether oxygens (including phenoxy) is 2. The molecule has 14 heteroatoms. The number of hydrogen-bond acceptors (Lipinski definition) is 8. The van der Waals surface area contributed by atoms with Crippen LogP contribution in [0.1, 0.15) is 53.2 Å². The van der Waals surface area contributed by atoms with E-state index < -0.39 is 29.5 Å². The smallest absolute Gasteiger partial charge is 0.416 e. The van der Waals surface area contributed by atoms with Crippen LogP contribution in [0.15, 0.2) is 73.1 Å². The summed E-state index contributed by atoms with van der Waals surface area (Å²) >= 11 is 0. The fraction of sp³-hybridized carbons (Fsp3) is 0.286. The van der Waals surface area contributed by atoms with Gasteiger partial charge < -0.3 is 25.2 Å². The molecule has 0 unspecified atom stereocenters. The highest BCUT2D eigenvalue weighted by Gasteiger charge is 2.32. The molecule has 6 rings (SSSR count). The molecular weight excluding hydrogens is 641 g/mol. The summed E-state index contributed by atoms with van der Waals surface area (Å²) in [5, 5.41) is 21.3. The van der Waals surface area contributed by atoms with E-state index in [2.05, 4.69) is 20.6 Å². The summed E-state index contributed by atoms with van der Waals surface area (Å²) in [5.74, 6) is -0.338. The molecule has 3 heterocycles. The Morgan fingerprint density at radius 3 is 2.47 bits per heavy atom. The highest BCUT2D eigenvalue weighted by molar-refractivity contribution is 6.05. The number of rotatable bonds is 10. The first kappa shape index (κ1) is 33.2. The molecule has 0 spiro atoms. The Morgan fingerprint density at radius 1 is 0.980 bits per heavy atom. The SMILES string of the molecule is COc1ccc(CNc2nccc3c2c(-c2ccc(C(=O)Nc4cc(C(F)(F)F)ccn4)cc2)nn3[C@@H]2CCC[C@@H](C(=O)O)C2)c(OC)c1. The van der Waals surface area contributed by atoms with Gasteiger partial charge in [0.15, 0.2) is 0 Å². The molecule has 3 aromatic heterocycles. The fourth-order valence-electron chi connectivity index (χ4n) is 6.13. The summed E-state index contributed by atoms with van der Waals surface area (Å²) < 4.78 is 52.2. The topological polar surface area (TPSA) is 140 Å². The largest absolute Gasteiger partial charge is 0.497 e. The first-order valence-corrected chi connectivity index (χ1v) is 15.6. The van der Waals surface area contributed by atoms with Crippen molar-refractivity contribution in [1.82, 2.24) is 19.7 Å². The highest BCUT2D eigenvalue weighted by Crippen LogP contribution is 2.39. The van der Waals surface area contributed by atoms with Crippen LogP contribution in [-0.2, 0) is 17.5 Å². The van der Waals surface area contributed by atoms with Crippen LogP contribution in [0, 0.1) is 5.92 Å². The van der Waals surface area contributed by atoms with Gasteiger partial charge in [0, 0.05) is 41.7 Å². The van der Waals surface area contributed by atoms with Gasteiger partial charge in [0.2, 0.25) is 0 Å². The van der Waals surface area contributed by atoms with Gasteiger partial charge in [-0.25, -0.2) is 9.97 Å². The van der Waals surface area contributed by atoms with Crippen molar-refractivity contribution in [2.75, 3.05) is 24.9 Å². The minimum absolute atomic E-state index is 0.159. The van der Waals surface area contributed by atoms with E-state index >= 15 is 0 Å². The highest BCUT2D eigenvalue weighted by atomic mass is 19.4. The molecule has 3 N–H and O–H groups in total. The Labute approximate surface area is 279 Å². The minimum atomic E-state index is -4.58. The fourth-order valence-corrected chi connectivity index (χ4v) is 6.13. The Kier molecular flexibility index (Phi) is 9.38. The zero-order valence-corrected chi connectivity index (χ0v) is 26.6. The Bertz CT molecular complexity index is 2000. The lowest BCUT2D eigenvalue weighted by Crippen LogP contribution is -2.25. The number of anilines is 2. The van der Waals surface area contributed by atoms with Crippen molar-refractivity contribution in [3.8, 4) is 22.8 Å². The number of benzene rings is 2. The molecule has 5 aromatic rings. The molecule has 1 saturated carbocycles. The molecule has 254 valence electrons. The second kappa shape index (κ2) is 13.8. The number of aromatic nitrogens is 4. The zero-order valence-electron chi connectivity index (χ0n) is 26.6. The van der Waals surface area contributed by atoms with Crippen LogP contribution in [0.3, 0.4) is 0 Å². The summed E-state index contributed by atoms with van der Waals surface area (Å²) in [4.78, 5) is 33.3. The summed E-state index contributed by atoms with van der Waals surface area (Å²) in [6.45, 7) is 0.358. The minimum Gasteiger partial charge on any atom is -0.497 e. The third-order valence-corrected chi connectivity index (χ3v) is 8.65. The van der Waals surface area contributed by atoms with Crippen molar-refractivity contribution in [2.45, 2.75) is 44.4 Å². The van der Waals surface area contributed by atoms with E-state index in [1.165, 1.54) is 0 Å². The quantitative estimate of drug-likeness (QED) is 0.140. The molecule has 0 aliphatic heterocycles. The van der Waals surface area contributed by atoms with E-state index in [0.29, 0.717) is 53.3 Å².